The molecule has 1 heterocycles. The Balaban J connectivity index is 2.47. The quantitative estimate of drug-likeness (QED) is 0.425. The minimum absolute atomic E-state index is 0.656. The van der Waals surface area contributed by atoms with E-state index in [9.17, 15) is 0 Å². The highest BCUT2D eigenvalue weighted by Gasteiger charge is 2.06. The van der Waals surface area contributed by atoms with Gasteiger partial charge < -0.3 is 0 Å². The molecule has 0 amide bonds. The lowest BCUT2D eigenvalue weighted by molar-refractivity contribution is 0.291. The topological polar surface area (TPSA) is 3.24 Å². The van der Waals surface area contributed by atoms with Crippen LogP contribution in [0.4, 0.5) is 0 Å². The van der Waals surface area contributed by atoms with Crippen LogP contribution < -0.4 is 0 Å². The highest BCUT2D eigenvalue weighted by molar-refractivity contribution is 4.95. The van der Waals surface area contributed by atoms with Gasteiger partial charge in [-0.1, -0.05) is 12.2 Å². The number of hydrogen-bond donors (Lipinski definition) is 0. The third kappa shape index (κ3) is 1.10. The summed E-state index contributed by atoms with van der Waals surface area (Å²) in [5, 5.41) is 0. The number of hydrogen-bond acceptors (Lipinski definition) is 1. The lowest BCUT2D eigenvalue weighted by Gasteiger charge is -2.24. The van der Waals surface area contributed by atoms with Crippen molar-refractivity contribution < 1.29 is 0 Å². The molecule has 0 spiro atoms. The fourth-order valence-corrected chi connectivity index (χ4v) is 0.922. The van der Waals surface area contributed by atoms with E-state index in [0.717, 1.165) is 0 Å². The van der Waals surface area contributed by atoms with Crippen LogP contribution in [0.3, 0.4) is 0 Å². The van der Waals surface area contributed by atoms with Crippen molar-refractivity contribution in [2.24, 2.45) is 0 Å². The Kier molecular flexibility index (Phi) is 1.69. The van der Waals surface area contributed by atoms with Gasteiger partial charge in [-0.25, -0.2) is 0 Å². The zero-order chi connectivity index (χ0) is 5.98. The minimum Gasteiger partial charge on any atom is -0.300 e. The summed E-state index contributed by atoms with van der Waals surface area (Å²) in [7, 11) is 2.16. The summed E-state index contributed by atoms with van der Waals surface area (Å²) >= 11 is 0. The molecular formula is C7H13N. The van der Waals surface area contributed by atoms with Gasteiger partial charge in [0.25, 0.3) is 0 Å². The first-order chi connectivity index (χ1) is 3.80. The van der Waals surface area contributed by atoms with Gasteiger partial charge in [-0.15, -0.1) is 0 Å². The molecule has 0 saturated carbocycles. The van der Waals surface area contributed by atoms with Crippen molar-refractivity contribution in [3.8, 4) is 0 Å². The van der Waals surface area contributed by atoms with Crippen LogP contribution in [0.25, 0.3) is 0 Å². The van der Waals surface area contributed by atoms with Crippen molar-refractivity contribution in [1.29, 1.82) is 0 Å². The molecule has 1 aliphatic rings. The second-order valence-electron chi connectivity index (χ2n) is 2.44. The first-order valence-electron chi connectivity index (χ1n) is 3.17. The van der Waals surface area contributed by atoms with E-state index in [4.69, 9.17) is 0 Å². The first-order valence-corrected chi connectivity index (χ1v) is 3.17. The molecule has 0 aromatic heterocycles. The highest BCUT2D eigenvalue weighted by atomic mass is 15.1. The lowest BCUT2D eigenvalue weighted by Crippen LogP contribution is -2.30. The summed E-state index contributed by atoms with van der Waals surface area (Å²) in [6.45, 7) is 3.44. The zero-order valence-corrected chi connectivity index (χ0v) is 5.59. The van der Waals surface area contributed by atoms with E-state index in [1.807, 2.05) is 0 Å². The molecule has 1 nitrogen and oxygen atoms in total. The van der Waals surface area contributed by atoms with Gasteiger partial charge in [0.1, 0.15) is 0 Å². The van der Waals surface area contributed by atoms with Gasteiger partial charge in [-0.2, -0.15) is 0 Å². The van der Waals surface area contributed by atoms with Gasteiger partial charge in [0, 0.05) is 12.6 Å². The molecule has 0 aliphatic carbocycles. The average molecular weight is 111 g/mol. The second kappa shape index (κ2) is 2.31. The second-order valence-corrected chi connectivity index (χ2v) is 2.44. The van der Waals surface area contributed by atoms with Crippen molar-refractivity contribution in [3.05, 3.63) is 12.2 Å². The maximum absolute atomic E-state index is 2.35. The van der Waals surface area contributed by atoms with E-state index < -0.39 is 0 Å². The lowest BCUT2D eigenvalue weighted by atomic mass is 10.2. The molecule has 1 heteroatoms. The van der Waals surface area contributed by atoms with E-state index in [1.165, 1.54) is 13.0 Å². The summed E-state index contributed by atoms with van der Waals surface area (Å²) in [5.74, 6) is 0. The number of nitrogens with zero attached hydrogens (tertiary/aromatic N) is 1. The Morgan fingerprint density at radius 3 is 2.75 bits per heavy atom. The number of likely N-dealkylation sites (N-methyl/N-ethyl adjacent to an activating group) is 1. The van der Waals surface area contributed by atoms with Crippen molar-refractivity contribution in [2.45, 2.75) is 19.4 Å². The standard InChI is InChI=1S/C7H13N/c1-7-5-3-4-6-8(7)2/h3,5,7H,4,6H2,1-2H3/t7-/m1/s1. The molecular weight excluding hydrogens is 98.1 g/mol. The zero-order valence-electron chi connectivity index (χ0n) is 5.59. The average Bonchev–Trinajstić information content (AvgIpc) is 1.77. The predicted molar refractivity (Wildman–Crippen MR) is 35.8 cm³/mol. The number of rotatable bonds is 0. The molecule has 0 N–H and O–H groups in total. The van der Waals surface area contributed by atoms with Crippen LogP contribution in [0.5, 0.6) is 0 Å². The first kappa shape index (κ1) is 5.83. The fraction of sp³-hybridized carbons (Fsp3) is 0.714. The maximum atomic E-state index is 2.35. The SMILES string of the molecule is C[C@@H]1C=CCCN1C. The third-order valence-electron chi connectivity index (χ3n) is 1.76. The summed E-state index contributed by atoms with van der Waals surface area (Å²) in [5.41, 5.74) is 0. The van der Waals surface area contributed by atoms with Gasteiger partial charge in [-0.05, 0) is 20.4 Å². The molecule has 1 atom stereocenters. The van der Waals surface area contributed by atoms with E-state index in [2.05, 4.69) is 31.0 Å². The van der Waals surface area contributed by atoms with Crippen molar-refractivity contribution in [1.82, 2.24) is 4.90 Å². The largest absolute Gasteiger partial charge is 0.300 e. The van der Waals surface area contributed by atoms with E-state index in [0.29, 0.717) is 6.04 Å². The maximum Gasteiger partial charge on any atom is 0.0246 e. The van der Waals surface area contributed by atoms with Crippen LogP contribution in [0, 0.1) is 0 Å². The smallest absolute Gasteiger partial charge is 0.0246 e. The van der Waals surface area contributed by atoms with Gasteiger partial charge in [-0.3, -0.25) is 4.90 Å². The molecule has 46 valence electrons. The van der Waals surface area contributed by atoms with Crippen molar-refractivity contribution >= 4 is 0 Å². The summed E-state index contributed by atoms with van der Waals surface area (Å²) in [6.07, 6.45) is 5.73. The molecule has 0 bridgehead atoms. The van der Waals surface area contributed by atoms with Gasteiger partial charge in [0.05, 0.1) is 0 Å². The predicted octanol–water partition coefficient (Wildman–Crippen LogP) is 1.27. The molecule has 0 aromatic carbocycles. The molecule has 1 rings (SSSR count). The monoisotopic (exact) mass is 111 g/mol. The van der Waals surface area contributed by atoms with Crippen LogP contribution in [0.2, 0.25) is 0 Å². The summed E-state index contributed by atoms with van der Waals surface area (Å²) in [6, 6.07) is 0.656. The Morgan fingerprint density at radius 1 is 1.62 bits per heavy atom. The Morgan fingerprint density at radius 2 is 2.38 bits per heavy atom. The van der Waals surface area contributed by atoms with E-state index in [1.54, 1.807) is 0 Å². The molecule has 0 fully saturated rings. The van der Waals surface area contributed by atoms with Crippen molar-refractivity contribution in [2.75, 3.05) is 13.6 Å². The van der Waals surface area contributed by atoms with Crippen LogP contribution in [0.15, 0.2) is 12.2 Å². The highest BCUT2D eigenvalue weighted by Crippen LogP contribution is 2.04. The van der Waals surface area contributed by atoms with Gasteiger partial charge in [0.15, 0.2) is 0 Å². The molecule has 0 unspecified atom stereocenters. The summed E-state index contributed by atoms with van der Waals surface area (Å²) in [4.78, 5) is 2.35. The van der Waals surface area contributed by atoms with Crippen LogP contribution in [0.1, 0.15) is 13.3 Å². The van der Waals surface area contributed by atoms with E-state index in [-0.39, 0.29) is 0 Å². The van der Waals surface area contributed by atoms with Crippen LogP contribution in [-0.2, 0) is 0 Å². The minimum atomic E-state index is 0.656. The van der Waals surface area contributed by atoms with Crippen LogP contribution >= 0.6 is 0 Å². The van der Waals surface area contributed by atoms with Gasteiger partial charge in [0.2, 0.25) is 0 Å². The fourth-order valence-electron chi connectivity index (χ4n) is 0.922. The molecule has 8 heavy (non-hydrogen) atoms. The molecule has 0 radical (unpaired) electrons. The Hall–Kier alpha value is -0.300. The Labute approximate surface area is 51.0 Å². The van der Waals surface area contributed by atoms with Crippen LogP contribution in [-0.4, -0.2) is 24.5 Å². The molecule has 0 aromatic rings. The third-order valence-corrected chi connectivity index (χ3v) is 1.76. The van der Waals surface area contributed by atoms with Gasteiger partial charge >= 0.3 is 0 Å². The summed E-state index contributed by atoms with van der Waals surface area (Å²) < 4.78 is 0. The normalized spacial score (nSPS) is 31.0. The van der Waals surface area contributed by atoms with E-state index >= 15 is 0 Å². The molecule has 0 saturated heterocycles. The van der Waals surface area contributed by atoms with Crippen molar-refractivity contribution in [3.63, 3.8) is 0 Å². The Bertz CT molecular complexity index is 96.6. The molecule has 1 aliphatic heterocycles.